The molecule has 0 aliphatic carbocycles. The van der Waals surface area contributed by atoms with Crippen molar-refractivity contribution in [2.75, 3.05) is 4.90 Å². The Morgan fingerprint density at radius 3 is 1.15 bits per heavy atom. The number of benzene rings is 7. The van der Waals surface area contributed by atoms with Crippen LogP contribution in [0.2, 0.25) is 0 Å². The molecule has 7 aromatic carbocycles. The van der Waals surface area contributed by atoms with E-state index in [0.717, 1.165) is 0 Å². The first-order valence-corrected chi connectivity index (χ1v) is 16.5. The summed E-state index contributed by atoms with van der Waals surface area (Å²) in [6, 6.07) is 46.1. The lowest BCUT2D eigenvalue weighted by Crippen LogP contribution is -2.66. The molecule has 0 spiro atoms. The number of hydrogen-bond donors (Lipinski definition) is 0. The van der Waals surface area contributed by atoms with Crippen molar-refractivity contribution in [1.82, 2.24) is 0 Å². The van der Waals surface area contributed by atoms with Crippen LogP contribution in [0.4, 0.5) is 17.1 Å². The lowest BCUT2D eigenvalue weighted by atomic mass is 9.29. The smallest absolute Gasteiger partial charge is 0.247 e. The molecule has 7 aromatic rings. The maximum Gasteiger partial charge on any atom is 0.247 e. The maximum atomic E-state index is 2.63. The molecule has 9 rings (SSSR count). The van der Waals surface area contributed by atoms with Crippen LogP contribution in [0.3, 0.4) is 0 Å². The van der Waals surface area contributed by atoms with Crippen LogP contribution in [-0.2, 0) is 0 Å². The third-order valence-corrected chi connectivity index (χ3v) is 10.7. The van der Waals surface area contributed by atoms with E-state index in [2.05, 4.69) is 161 Å². The lowest BCUT2D eigenvalue weighted by molar-refractivity contribution is 1.30. The van der Waals surface area contributed by atoms with E-state index in [4.69, 9.17) is 0 Å². The summed E-state index contributed by atoms with van der Waals surface area (Å²) in [5.74, 6) is 0. The fraction of sp³-hybridized carbons (Fsp3) is 0.116. The van der Waals surface area contributed by atoms with Crippen LogP contribution in [0, 0.1) is 34.6 Å². The zero-order chi connectivity index (χ0) is 31.3. The number of aryl methyl sites for hydroxylation is 5. The van der Waals surface area contributed by atoms with E-state index in [1.54, 1.807) is 0 Å². The van der Waals surface area contributed by atoms with Gasteiger partial charge in [-0.2, -0.15) is 0 Å². The van der Waals surface area contributed by atoms with E-state index in [1.807, 2.05) is 0 Å². The molecular weight excluding hydrogens is 552 g/mol. The van der Waals surface area contributed by atoms with Crippen molar-refractivity contribution < 1.29 is 0 Å². The number of fused-ring (bicyclic) bond motifs is 6. The molecule has 0 fully saturated rings. The molecule has 0 saturated heterocycles. The van der Waals surface area contributed by atoms with Gasteiger partial charge in [-0.25, -0.2) is 0 Å². The third kappa shape index (κ3) is 3.84. The van der Waals surface area contributed by atoms with Gasteiger partial charge < -0.3 is 4.90 Å². The van der Waals surface area contributed by atoms with Gasteiger partial charge in [0.15, 0.2) is 0 Å². The minimum Gasteiger partial charge on any atom is -0.312 e. The molecule has 0 saturated carbocycles. The molecule has 0 atom stereocenters. The van der Waals surface area contributed by atoms with Gasteiger partial charge in [0.05, 0.1) is 0 Å². The van der Waals surface area contributed by atoms with Gasteiger partial charge in [0.25, 0.3) is 0 Å². The van der Waals surface area contributed by atoms with Crippen LogP contribution in [0.1, 0.15) is 27.8 Å². The number of rotatable bonds is 2. The van der Waals surface area contributed by atoms with Crippen molar-refractivity contribution >= 4 is 84.8 Å². The van der Waals surface area contributed by atoms with Crippen LogP contribution in [0.15, 0.2) is 121 Å². The summed E-state index contributed by atoms with van der Waals surface area (Å²) in [6.07, 6.45) is 0. The highest BCUT2D eigenvalue weighted by Gasteiger charge is 2.45. The van der Waals surface area contributed by atoms with Crippen molar-refractivity contribution in [2.45, 2.75) is 34.6 Å². The molecule has 3 heteroatoms. The summed E-state index contributed by atoms with van der Waals surface area (Å²) in [5.41, 5.74) is 19.1. The van der Waals surface area contributed by atoms with Crippen LogP contribution in [-0.4, -0.2) is 13.4 Å². The maximum absolute atomic E-state index is 2.63. The molecule has 218 valence electrons. The van der Waals surface area contributed by atoms with Crippen LogP contribution in [0.5, 0.6) is 0 Å². The predicted octanol–water partition coefficient (Wildman–Crippen LogP) is 6.66. The van der Waals surface area contributed by atoms with Gasteiger partial charge in [0.2, 0.25) is 13.4 Å². The van der Waals surface area contributed by atoms with Crippen LogP contribution < -0.4 is 37.7 Å². The monoisotopic (exact) mass is 587 g/mol. The normalized spacial score (nSPS) is 13.2. The molecule has 0 bridgehead atoms. The fourth-order valence-electron chi connectivity index (χ4n) is 8.77. The zero-order valence-electron chi connectivity index (χ0n) is 27.1. The third-order valence-electron chi connectivity index (χ3n) is 10.7. The van der Waals surface area contributed by atoms with Gasteiger partial charge in [-0.1, -0.05) is 148 Å². The average Bonchev–Trinajstić information content (AvgIpc) is 3.04. The van der Waals surface area contributed by atoms with Gasteiger partial charge in [-0.05, 0) is 90.1 Å². The first-order valence-electron chi connectivity index (χ1n) is 16.5. The molecule has 46 heavy (non-hydrogen) atoms. The zero-order valence-corrected chi connectivity index (χ0v) is 27.1. The Morgan fingerprint density at radius 2 is 0.761 bits per heavy atom. The Labute approximate surface area is 272 Å². The number of hydrogen-bond acceptors (Lipinski definition) is 1. The molecule has 2 aliphatic rings. The Morgan fingerprint density at radius 1 is 0.391 bits per heavy atom. The molecular formula is C43H35B2N. The van der Waals surface area contributed by atoms with Gasteiger partial charge in [0, 0.05) is 17.1 Å². The highest BCUT2D eigenvalue weighted by atomic mass is 15.2. The number of anilines is 3. The summed E-state index contributed by atoms with van der Waals surface area (Å²) in [7, 11) is 0. The average molecular weight is 587 g/mol. The van der Waals surface area contributed by atoms with Crippen molar-refractivity contribution in [3.63, 3.8) is 0 Å². The van der Waals surface area contributed by atoms with E-state index < -0.39 is 0 Å². The first-order chi connectivity index (χ1) is 22.4. The summed E-state index contributed by atoms with van der Waals surface area (Å²) >= 11 is 0. The molecule has 2 heterocycles. The highest BCUT2D eigenvalue weighted by molar-refractivity contribution is 7.02. The molecule has 0 radical (unpaired) electrons. The second-order valence-electron chi connectivity index (χ2n) is 13.6. The second-order valence-corrected chi connectivity index (χ2v) is 13.6. The highest BCUT2D eigenvalue weighted by Crippen LogP contribution is 2.40. The Balaban J connectivity index is 1.48. The fourth-order valence-corrected chi connectivity index (χ4v) is 8.77. The second kappa shape index (κ2) is 9.99. The van der Waals surface area contributed by atoms with Crippen LogP contribution >= 0.6 is 0 Å². The summed E-state index contributed by atoms with van der Waals surface area (Å²) in [6.45, 7) is 11.7. The Hall–Kier alpha value is -5.01. The molecule has 2 aliphatic heterocycles. The van der Waals surface area contributed by atoms with Crippen molar-refractivity contribution in [2.24, 2.45) is 0 Å². The van der Waals surface area contributed by atoms with Gasteiger partial charge >= 0.3 is 0 Å². The topological polar surface area (TPSA) is 3.24 Å². The lowest BCUT2D eigenvalue weighted by Gasteiger charge is -2.45. The van der Waals surface area contributed by atoms with Crippen molar-refractivity contribution in [1.29, 1.82) is 0 Å². The minimum absolute atomic E-state index is 0.131. The van der Waals surface area contributed by atoms with Gasteiger partial charge in [-0.15, -0.1) is 0 Å². The Bertz CT molecular complexity index is 2200. The van der Waals surface area contributed by atoms with Gasteiger partial charge in [-0.3, -0.25) is 0 Å². The number of nitrogens with zero attached hydrogens (tertiary/aromatic N) is 1. The molecule has 0 aromatic heterocycles. The van der Waals surface area contributed by atoms with E-state index in [0.29, 0.717) is 0 Å². The summed E-state index contributed by atoms with van der Waals surface area (Å²) in [4.78, 5) is 2.63. The largest absolute Gasteiger partial charge is 0.312 e. The van der Waals surface area contributed by atoms with Crippen LogP contribution in [0.25, 0.3) is 21.5 Å². The van der Waals surface area contributed by atoms with Crippen molar-refractivity contribution in [3.8, 4) is 0 Å². The molecule has 0 N–H and O–H groups in total. The first kappa shape index (κ1) is 27.3. The standard InChI is InChI=1S/C43H35B2N/c1-26-20-37-43-38(21-26)45(42-29(4)14-11-15-30(42)5)36-23-32-17-7-9-19-34(32)25-40(36)46(43)39-24-33-18-8-6-16-31(33)22-35(39)44(37)41-27(2)12-10-13-28(41)3/h6-25H,1-5H3. The molecule has 0 unspecified atom stereocenters. The quantitative estimate of drug-likeness (QED) is 0.205. The predicted molar refractivity (Wildman–Crippen MR) is 202 cm³/mol. The van der Waals surface area contributed by atoms with Crippen molar-refractivity contribution in [3.05, 3.63) is 149 Å². The Kier molecular flexibility index (Phi) is 5.93. The SMILES string of the molecule is Cc1cc2c3c(c1)B(c1c(C)cccc1C)c1cc4ccccc4cc1N3c1cc3ccccc3cc1B2c1c(C)cccc1C. The molecule has 0 amide bonds. The van der Waals surface area contributed by atoms with E-state index in [-0.39, 0.29) is 13.4 Å². The van der Waals surface area contributed by atoms with E-state index >= 15 is 0 Å². The molecule has 1 nitrogen and oxygen atoms in total. The summed E-state index contributed by atoms with van der Waals surface area (Å²) in [5, 5.41) is 5.13. The van der Waals surface area contributed by atoms with E-state index in [1.165, 1.54) is 99.2 Å². The van der Waals surface area contributed by atoms with Gasteiger partial charge in [0.1, 0.15) is 0 Å². The summed E-state index contributed by atoms with van der Waals surface area (Å²) < 4.78 is 0. The van der Waals surface area contributed by atoms with E-state index in [9.17, 15) is 0 Å². The minimum atomic E-state index is 0.131.